The number of morpholine rings is 1. The molecule has 1 aromatic carbocycles. The van der Waals surface area contributed by atoms with Crippen LogP contribution in [0.15, 0.2) is 36.4 Å². The molecule has 0 aromatic heterocycles. The predicted octanol–water partition coefficient (Wildman–Crippen LogP) is 4.10. The summed E-state index contributed by atoms with van der Waals surface area (Å²) >= 11 is 0. The normalized spacial score (nSPS) is 22.4. The number of aromatic hydroxyl groups is 1. The van der Waals surface area contributed by atoms with E-state index >= 15 is 0 Å². The fraction of sp³-hybridized carbons (Fsp3) is 0.565. The summed E-state index contributed by atoms with van der Waals surface area (Å²) in [4.78, 5) is 25.5. The zero-order valence-corrected chi connectivity index (χ0v) is 17.4. The highest BCUT2D eigenvalue weighted by atomic mass is 16.6. The smallest absolute Gasteiger partial charge is 0.397 e. The van der Waals surface area contributed by atoms with Crippen LogP contribution in [0.2, 0.25) is 0 Å². The number of phenols is 1. The van der Waals surface area contributed by atoms with Crippen LogP contribution < -0.4 is 0 Å². The van der Waals surface area contributed by atoms with Gasteiger partial charge in [-0.15, -0.1) is 0 Å². The van der Waals surface area contributed by atoms with E-state index in [9.17, 15) is 14.7 Å². The predicted molar refractivity (Wildman–Crippen MR) is 110 cm³/mol. The van der Waals surface area contributed by atoms with Gasteiger partial charge in [0.1, 0.15) is 11.9 Å². The Morgan fingerprint density at radius 1 is 1.21 bits per heavy atom. The number of cyclic esters (lactones) is 1. The maximum absolute atomic E-state index is 12.1. The number of carbonyl (C=O) groups is 2. The van der Waals surface area contributed by atoms with Gasteiger partial charge in [0, 0.05) is 7.05 Å². The fourth-order valence-electron chi connectivity index (χ4n) is 3.67. The maximum Gasteiger partial charge on any atom is 0.397 e. The number of esters is 1. The van der Waals surface area contributed by atoms with Crippen LogP contribution in [0.4, 0.5) is 0 Å². The summed E-state index contributed by atoms with van der Waals surface area (Å²) in [5.41, 5.74) is 0.989. The zero-order chi connectivity index (χ0) is 20.7. The van der Waals surface area contributed by atoms with Gasteiger partial charge in [-0.25, -0.2) is 4.79 Å². The van der Waals surface area contributed by atoms with Gasteiger partial charge in [0.2, 0.25) is 0 Å². The Bertz CT molecular complexity index is 682. The second-order valence-corrected chi connectivity index (χ2v) is 8.03. The zero-order valence-electron chi connectivity index (χ0n) is 17.4. The molecule has 0 aliphatic carbocycles. The molecule has 0 unspecified atom stereocenters. The van der Waals surface area contributed by atoms with Gasteiger partial charge in [0.05, 0.1) is 6.04 Å². The molecule has 4 atom stereocenters. The molecule has 1 amide bonds. The van der Waals surface area contributed by atoms with Gasteiger partial charge >= 0.3 is 11.9 Å². The maximum atomic E-state index is 12.1. The number of benzene rings is 1. The molecule has 0 radical (unpaired) electrons. The number of rotatable bonds is 9. The molecule has 154 valence electrons. The topological polar surface area (TPSA) is 66.8 Å². The highest BCUT2D eigenvalue weighted by molar-refractivity contribution is 6.32. The van der Waals surface area contributed by atoms with Gasteiger partial charge in [0.15, 0.2) is 0 Å². The second kappa shape index (κ2) is 10.3. The van der Waals surface area contributed by atoms with Gasteiger partial charge in [0.25, 0.3) is 0 Å². The molecule has 28 heavy (non-hydrogen) atoms. The number of amides is 1. The molecule has 1 aromatic rings. The average molecular weight is 388 g/mol. The van der Waals surface area contributed by atoms with E-state index in [0.717, 1.165) is 12.0 Å². The number of nitrogens with zero attached hydrogens (tertiary/aromatic N) is 1. The Labute approximate surface area is 168 Å². The molecule has 5 nitrogen and oxygen atoms in total. The van der Waals surface area contributed by atoms with Crippen molar-refractivity contribution in [3.05, 3.63) is 42.0 Å². The van der Waals surface area contributed by atoms with E-state index in [1.54, 1.807) is 19.2 Å². The van der Waals surface area contributed by atoms with Gasteiger partial charge in [-0.05, 0) is 55.2 Å². The van der Waals surface area contributed by atoms with Gasteiger partial charge in [-0.2, -0.15) is 0 Å². The Hall–Kier alpha value is -2.30. The minimum Gasteiger partial charge on any atom is -0.508 e. The largest absolute Gasteiger partial charge is 0.508 e. The average Bonchev–Trinajstić information content (AvgIpc) is 2.67. The van der Waals surface area contributed by atoms with Crippen LogP contribution >= 0.6 is 0 Å². The standard InChI is InChI=1S/C23H33NO4/c1-5-16(2)14-17(3)8-6-7-9-21-20(24(4)22(26)23(27)28-21)15-18-10-12-19(25)13-11-18/h6,8,10-13,16-17,20-21,25H,5,7,9,14-15H2,1-4H3/b8-6+/t16-,17+,20+,21-/m1/s1. The van der Waals surface area contributed by atoms with Crippen molar-refractivity contribution in [3.8, 4) is 5.75 Å². The lowest BCUT2D eigenvalue weighted by Crippen LogP contribution is -2.55. The van der Waals surface area contributed by atoms with Crippen molar-refractivity contribution in [2.75, 3.05) is 7.05 Å². The Morgan fingerprint density at radius 2 is 1.89 bits per heavy atom. The highest BCUT2D eigenvalue weighted by Crippen LogP contribution is 2.24. The lowest BCUT2D eigenvalue weighted by molar-refractivity contribution is -0.177. The van der Waals surface area contributed by atoms with Crippen molar-refractivity contribution in [3.63, 3.8) is 0 Å². The van der Waals surface area contributed by atoms with E-state index in [1.807, 2.05) is 12.1 Å². The van der Waals surface area contributed by atoms with E-state index in [4.69, 9.17) is 4.74 Å². The van der Waals surface area contributed by atoms with E-state index in [-0.39, 0.29) is 17.9 Å². The number of ether oxygens (including phenoxy) is 1. The third-order valence-electron chi connectivity index (χ3n) is 5.61. The van der Waals surface area contributed by atoms with E-state index < -0.39 is 11.9 Å². The van der Waals surface area contributed by atoms with E-state index in [1.165, 1.54) is 17.7 Å². The molecule has 1 aliphatic heterocycles. The van der Waals surface area contributed by atoms with Crippen LogP contribution in [0.1, 0.15) is 52.0 Å². The number of carbonyl (C=O) groups excluding carboxylic acids is 2. The first-order valence-electron chi connectivity index (χ1n) is 10.2. The summed E-state index contributed by atoms with van der Waals surface area (Å²) in [6, 6.07) is 6.71. The first-order valence-corrected chi connectivity index (χ1v) is 10.2. The van der Waals surface area contributed by atoms with Gasteiger partial charge < -0.3 is 14.7 Å². The third kappa shape index (κ3) is 6.11. The van der Waals surface area contributed by atoms with Crippen LogP contribution in [0.5, 0.6) is 5.75 Å². The Morgan fingerprint density at radius 3 is 2.54 bits per heavy atom. The molecular formula is C23H33NO4. The molecule has 5 heteroatoms. The van der Waals surface area contributed by atoms with Crippen molar-refractivity contribution < 1.29 is 19.4 Å². The quantitative estimate of drug-likeness (QED) is 0.394. The number of allylic oxidation sites excluding steroid dienone is 2. The number of likely N-dealkylation sites (N-methyl/N-ethyl adjacent to an activating group) is 1. The van der Waals surface area contributed by atoms with Crippen molar-refractivity contribution >= 4 is 11.9 Å². The van der Waals surface area contributed by atoms with Gasteiger partial charge in [-0.1, -0.05) is 51.5 Å². The van der Waals surface area contributed by atoms with Gasteiger partial charge in [-0.3, -0.25) is 4.79 Å². The highest BCUT2D eigenvalue weighted by Gasteiger charge is 2.40. The number of hydrogen-bond donors (Lipinski definition) is 1. The van der Waals surface area contributed by atoms with Crippen LogP contribution in [0.25, 0.3) is 0 Å². The number of hydrogen-bond acceptors (Lipinski definition) is 4. The second-order valence-electron chi connectivity index (χ2n) is 8.03. The monoisotopic (exact) mass is 387 g/mol. The molecular weight excluding hydrogens is 354 g/mol. The van der Waals surface area contributed by atoms with Crippen molar-refractivity contribution in [1.82, 2.24) is 4.90 Å². The molecule has 1 N–H and O–H groups in total. The molecule has 2 rings (SSSR count). The Balaban J connectivity index is 1.99. The van der Waals surface area contributed by atoms with E-state index in [2.05, 4.69) is 32.9 Å². The summed E-state index contributed by atoms with van der Waals surface area (Å²) < 4.78 is 5.45. The summed E-state index contributed by atoms with van der Waals surface area (Å²) in [5, 5.41) is 9.46. The van der Waals surface area contributed by atoms with Crippen molar-refractivity contribution in [2.24, 2.45) is 11.8 Å². The first-order chi connectivity index (χ1) is 13.3. The van der Waals surface area contributed by atoms with Crippen molar-refractivity contribution in [1.29, 1.82) is 0 Å². The summed E-state index contributed by atoms with van der Waals surface area (Å²) in [5.74, 6) is 0.0759. The SMILES string of the molecule is CC[C@@H](C)C[C@@H](C)/C=C/CC[C@H]1OC(=O)C(=O)N(C)[C@H]1Cc1ccc(O)cc1. The molecule has 1 aliphatic rings. The van der Waals surface area contributed by atoms with E-state index in [0.29, 0.717) is 24.7 Å². The molecule has 0 saturated carbocycles. The summed E-state index contributed by atoms with van der Waals surface area (Å²) in [6.07, 6.45) is 8.49. The minimum atomic E-state index is -0.774. The summed E-state index contributed by atoms with van der Waals surface area (Å²) in [6.45, 7) is 6.71. The Kier molecular flexibility index (Phi) is 8.09. The van der Waals surface area contributed by atoms with Crippen LogP contribution in [0.3, 0.4) is 0 Å². The summed E-state index contributed by atoms with van der Waals surface area (Å²) in [7, 11) is 1.66. The molecule has 0 spiro atoms. The minimum absolute atomic E-state index is 0.205. The fourth-order valence-corrected chi connectivity index (χ4v) is 3.67. The lowest BCUT2D eigenvalue weighted by Gasteiger charge is -2.38. The number of phenolic OH excluding ortho intramolecular Hbond substituents is 1. The molecule has 1 saturated heterocycles. The molecule has 1 fully saturated rings. The lowest BCUT2D eigenvalue weighted by atomic mass is 9.93. The third-order valence-corrected chi connectivity index (χ3v) is 5.61. The van der Waals surface area contributed by atoms with Crippen molar-refractivity contribution in [2.45, 2.75) is 65.0 Å². The molecule has 0 bridgehead atoms. The van der Waals surface area contributed by atoms with Crippen LogP contribution in [-0.2, 0) is 20.7 Å². The molecule has 1 heterocycles. The first kappa shape index (κ1) is 22.0. The van der Waals surface area contributed by atoms with Crippen LogP contribution in [-0.4, -0.2) is 41.1 Å². The van der Waals surface area contributed by atoms with Crippen LogP contribution in [0, 0.1) is 11.8 Å².